The standard InChI is InChI=1S/C21H22N2O4/c1-25-16-8-6-15(7-9-16)21(10-2-3-11-21)14-22-20(24)17-13-19(27-23-17)18-5-4-12-26-18/h4-9,12-13H,2-3,10-11,14H2,1H3,(H,22,24). The van der Waals surface area contributed by atoms with Crippen molar-refractivity contribution in [3.05, 3.63) is 60.0 Å². The number of aromatic nitrogens is 1. The molecule has 3 aromatic rings. The normalized spacial score (nSPS) is 15.6. The van der Waals surface area contributed by atoms with Gasteiger partial charge in [0, 0.05) is 18.0 Å². The van der Waals surface area contributed by atoms with Crippen molar-refractivity contribution >= 4 is 5.91 Å². The van der Waals surface area contributed by atoms with E-state index in [4.69, 9.17) is 13.7 Å². The van der Waals surface area contributed by atoms with E-state index in [0.717, 1.165) is 31.4 Å². The molecule has 6 heteroatoms. The Labute approximate surface area is 157 Å². The first-order chi connectivity index (χ1) is 13.2. The zero-order valence-electron chi connectivity index (χ0n) is 15.2. The Hall–Kier alpha value is -3.02. The first kappa shape index (κ1) is 17.4. The molecule has 1 fully saturated rings. The van der Waals surface area contributed by atoms with E-state index >= 15 is 0 Å². The summed E-state index contributed by atoms with van der Waals surface area (Å²) in [5.41, 5.74) is 1.44. The lowest BCUT2D eigenvalue weighted by Crippen LogP contribution is -2.39. The lowest BCUT2D eigenvalue weighted by atomic mass is 9.78. The summed E-state index contributed by atoms with van der Waals surface area (Å²) in [6, 6.07) is 13.3. The van der Waals surface area contributed by atoms with Gasteiger partial charge in [0.2, 0.25) is 5.76 Å². The van der Waals surface area contributed by atoms with Crippen LogP contribution in [-0.4, -0.2) is 24.7 Å². The molecule has 1 N–H and O–H groups in total. The van der Waals surface area contributed by atoms with E-state index in [2.05, 4.69) is 22.6 Å². The molecule has 2 aromatic heterocycles. The molecule has 0 saturated heterocycles. The van der Waals surface area contributed by atoms with E-state index in [0.29, 0.717) is 18.1 Å². The smallest absolute Gasteiger partial charge is 0.273 e. The summed E-state index contributed by atoms with van der Waals surface area (Å²) >= 11 is 0. The average Bonchev–Trinajstić information content (AvgIpc) is 3.47. The quantitative estimate of drug-likeness (QED) is 0.708. The van der Waals surface area contributed by atoms with Crippen LogP contribution in [0.1, 0.15) is 41.7 Å². The Kier molecular flexibility index (Phi) is 4.71. The van der Waals surface area contributed by atoms with Crippen LogP contribution in [0.5, 0.6) is 5.75 Å². The second-order valence-corrected chi connectivity index (χ2v) is 6.95. The van der Waals surface area contributed by atoms with Gasteiger partial charge in [-0.1, -0.05) is 30.1 Å². The molecule has 4 rings (SSSR count). The highest BCUT2D eigenvalue weighted by Crippen LogP contribution is 2.41. The van der Waals surface area contributed by atoms with E-state index in [9.17, 15) is 4.79 Å². The molecule has 1 aromatic carbocycles. The van der Waals surface area contributed by atoms with Crippen molar-refractivity contribution in [1.82, 2.24) is 10.5 Å². The molecule has 0 atom stereocenters. The number of nitrogens with zero attached hydrogens (tertiary/aromatic N) is 1. The van der Waals surface area contributed by atoms with Crippen molar-refractivity contribution < 1.29 is 18.5 Å². The lowest BCUT2D eigenvalue weighted by molar-refractivity contribution is 0.0934. The van der Waals surface area contributed by atoms with Crippen LogP contribution < -0.4 is 10.1 Å². The maximum Gasteiger partial charge on any atom is 0.273 e. The minimum absolute atomic E-state index is 0.0461. The monoisotopic (exact) mass is 366 g/mol. The third-order valence-electron chi connectivity index (χ3n) is 5.36. The fourth-order valence-corrected chi connectivity index (χ4v) is 3.82. The summed E-state index contributed by atoms with van der Waals surface area (Å²) in [5.74, 6) is 1.59. The Morgan fingerprint density at radius 3 is 2.63 bits per heavy atom. The zero-order chi connectivity index (χ0) is 18.7. The summed E-state index contributed by atoms with van der Waals surface area (Å²) in [4.78, 5) is 12.6. The largest absolute Gasteiger partial charge is 0.497 e. The predicted molar refractivity (Wildman–Crippen MR) is 99.7 cm³/mol. The van der Waals surface area contributed by atoms with Gasteiger partial charge in [-0.2, -0.15) is 0 Å². The van der Waals surface area contributed by atoms with Crippen LogP contribution in [0.15, 0.2) is 57.7 Å². The zero-order valence-corrected chi connectivity index (χ0v) is 15.2. The van der Waals surface area contributed by atoms with E-state index in [1.807, 2.05) is 12.1 Å². The van der Waals surface area contributed by atoms with Crippen LogP contribution in [0.2, 0.25) is 0 Å². The first-order valence-corrected chi connectivity index (χ1v) is 9.13. The lowest BCUT2D eigenvalue weighted by Gasteiger charge is -2.30. The fraction of sp³-hybridized carbons (Fsp3) is 0.333. The van der Waals surface area contributed by atoms with E-state index in [1.54, 1.807) is 31.6 Å². The Bertz CT molecular complexity index is 891. The maximum atomic E-state index is 12.6. The number of benzene rings is 1. The number of carbonyl (C=O) groups excluding carboxylic acids is 1. The van der Waals surface area contributed by atoms with Gasteiger partial charge in [-0.25, -0.2) is 0 Å². The number of rotatable bonds is 6. The van der Waals surface area contributed by atoms with Crippen LogP contribution in [0.3, 0.4) is 0 Å². The molecule has 0 spiro atoms. The van der Waals surface area contributed by atoms with Crippen LogP contribution in [0, 0.1) is 0 Å². The summed E-state index contributed by atoms with van der Waals surface area (Å²) in [5, 5.41) is 6.92. The van der Waals surface area contributed by atoms with Gasteiger partial charge < -0.3 is 19.0 Å². The number of amides is 1. The number of hydrogen-bond acceptors (Lipinski definition) is 5. The average molecular weight is 366 g/mol. The van der Waals surface area contributed by atoms with Crippen molar-refractivity contribution in [3.63, 3.8) is 0 Å². The Balaban J connectivity index is 1.47. The highest BCUT2D eigenvalue weighted by atomic mass is 16.5. The summed E-state index contributed by atoms with van der Waals surface area (Å²) in [6.07, 6.45) is 5.98. The SMILES string of the molecule is COc1ccc(C2(CNC(=O)c3cc(-c4ccco4)on3)CCCC2)cc1. The number of nitrogens with one attached hydrogen (secondary N) is 1. The maximum absolute atomic E-state index is 12.6. The molecule has 0 bridgehead atoms. The summed E-state index contributed by atoms with van der Waals surface area (Å²) < 4.78 is 15.7. The van der Waals surface area contributed by atoms with Crippen molar-refractivity contribution in [1.29, 1.82) is 0 Å². The molecule has 0 radical (unpaired) electrons. The van der Waals surface area contributed by atoms with Gasteiger partial charge in [0.05, 0.1) is 13.4 Å². The highest BCUT2D eigenvalue weighted by Gasteiger charge is 2.36. The molecule has 2 heterocycles. The highest BCUT2D eigenvalue weighted by molar-refractivity contribution is 5.93. The van der Waals surface area contributed by atoms with Crippen LogP contribution >= 0.6 is 0 Å². The van der Waals surface area contributed by atoms with Gasteiger partial charge in [0.1, 0.15) is 5.75 Å². The molecule has 6 nitrogen and oxygen atoms in total. The van der Waals surface area contributed by atoms with Crippen LogP contribution in [0.4, 0.5) is 0 Å². The van der Waals surface area contributed by atoms with Gasteiger partial charge in [-0.05, 0) is 42.7 Å². The second kappa shape index (κ2) is 7.31. The number of furan rings is 1. The van der Waals surface area contributed by atoms with Gasteiger partial charge >= 0.3 is 0 Å². The fourth-order valence-electron chi connectivity index (χ4n) is 3.82. The number of methoxy groups -OCH3 is 1. The molecule has 140 valence electrons. The molecule has 1 saturated carbocycles. The van der Waals surface area contributed by atoms with E-state index in [-0.39, 0.29) is 17.0 Å². The predicted octanol–water partition coefficient (Wildman–Crippen LogP) is 4.19. The first-order valence-electron chi connectivity index (χ1n) is 9.13. The topological polar surface area (TPSA) is 77.5 Å². The molecule has 1 aliphatic rings. The molecular weight excluding hydrogens is 344 g/mol. The van der Waals surface area contributed by atoms with Crippen molar-refractivity contribution in [2.45, 2.75) is 31.1 Å². The third kappa shape index (κ3) is 3.47. The van der Waals surface area contributed by atoms with E-state index < -0.39 is 0 Å². The molecule has 1 amide bonds. The van der Waals surface area contributed by atoms with Crippen molar-refractivity contribution in [2.24, 2.45) is 0 Å². The van der Waals surface area contributed by atoms with E-state index in [1.165, 1.54) is 5.56 Å². The van der Waals surface area contributed by atoms with Gasteiger partial charge in [0.25, 0.3) is 5.91 Å². The molecule has 1 aliphatic carbocycles. The van der Waals surface area contributed by atoms with Crippen LogP contribution in [0.25, 0.3) is 11.5 Å². The van der Waals surface area contributed by atoms with Crippen molar-refractivity contribution in [2.75, 3.05) is 13.7 Å². The number of carbonyl (C=O) groups is 1. The van der Waals surface area contributed by atoms with Gasteiger partial charge in [-0.15, -0.1) is 0 Å². The second-order valence-electron chi connectivity index (χ2n) is 6.95. The Morgan fingerprint density at radius 2 is 1.96 bits per heavy atom. The molecular formula is C21H22N2O4. The summed E-state index contributed by atoms with van der Waals surface area (Å²) in [6.45, 7) is 0.571. The minimum atomic E-state index is -0.239. The van der Waals surface area contributed by atoms with Crippen molar-refractivity contribution in [3.8, 4) is 17.3 Å². The molecule has 0 aliphatic heterocycles. The Morgan fingerprint density at radius 1 is 1.19 bits per heavy atom. The van der Waals surface area contributed by atoms with Gasteiger partial charge in [-0.3, -0.25) is 4.79 Å². The van der Waals surface area contributed by atoms with Gasteiger partial charge in [0.15, 0.2) is 11.5 Å². The molecule has 27 heavy (non-hydrogen) atoms. The third-order valence-corrected chi connectivity index (χ3v) is 5.36. The number of ether oxygens (including phenoxy) is 1. The molecule has 0 unspecified atom stereocenters. The summed E-state index contributed by atoms with van der Waals surface area (Å²) in [7, 11) is 1.66. The minimum Gasteiger partial charge on any atom is -0.497 e. The number of hydrogen-bond donors (Lipinski definition) is 1. The van der Waals surface area contributed by atoms with Crippen LogP contribution in [-0.2, 0) is 5.41 Å².